The van der Waals surface area contributed by atoms with E-state index in [-0.39, 0.29) is 11.7 Å². The lowest BCUT2D eigenvalue weighted by Crippen LogP contribution is -2.20. The van der Waals surface area contributed by atoms with Gasteiger partial charge in [0.1, 0.15) is 5.82 Å². The smallest absolute Gasteiger partial charge is 0.123 e. The quantitative estimate of drug-likeness (QED) is 0.886. The molecular formula is C16H18FNO. The molecule has 0 radical (unpaired) electrons. The van der Waals surface area contributed by atoms with E-state index in [0.717, 1.165) is 11.1 Å². The zero-order chi connectivity index (χ0) is 13.8. The number of benzene rings is 2. The van der Waals surface area contributed by atoms with E-state index in [2.05, 4.69) is 0 Å². The standard InChI is InChI=1S/C16H18FNO/c1-11-7-8-13(17)9-14(11)16(19)15(10-18)12-5-3-2-4-6-12/h2-9,15-16,19H,10,18H2,1H3. The molecule has 2 rings (SSSR count). The van der Waals surface area contributed by atoms with Crippen molar-refractivity contribution in [3.63, 3.8) is 0 Å². The van der Waals surface area contributed by atoms with Crippen molar-refractivity contribution in [2.75, 3.05) is 6.54 Å². The molecule has 2 aromatic rings. The van der Waals surface area contributed by atoms with E-state index in [0.29, 0.717) is 12.1 Å². The fraction of sp³-hybridized carbons (Fsp3) is 0.250. The fourth-order valence-corrected chi connectivity index (χ4v) is 2.29. The Labute approximate surface area is 112 Å². The Hall–Kier alpha value is -1.71. The third-order valence-electron chi connectivity index (χ3n) is 3.42. The first kappa shape index (κ1) is 13.7. The molecule has 100 valence electrons. The monoisotopic (exact) mass is 259 g/mol. The number of hydrogen-bond acceptors (Lipinski definition) is 2. The predicted octanol–water partition coefficient (Wildman–Crippen LogP) is 2.91. The third kappa shape index (κ3) is 3.00. The lowest BCUT2D eigenvalue weighted by Gasteiger charge is -2.23. The van der Waals surface area contributed by atoms with E-state index in [1.54, 1.807) is 6.07 Å². The van der Waals surface area contributed by atoms with E-state index in [4.69, 9.17) is 5.73 Å². The van der Waals surface area contributed by atoms with E-state index in [9.17, 15) is 9.50 Å². The van der Waals surface area contributed by atoms with Gasteiger partial charge in [-0.3, -0.25) is 0 Å². The van der Waals surface area contributed by atoms with E-state index < -0.39 is 6.10 Å². The van der Waals surface area contributed by atoms with Gasteiger partial charge in [-0.1, -0.05) is 36.4 Å². The first-order valence-corrected chi connectivity index (χ1v) is 6.32. The molecule has 0 aliphatic carbocycles. The summed E-state index contributed by atoms with van der Waals surface area (Å²) in [6, 6.07) is 14.0. The van der Waals surface area contributed by atoms with Gasteiger partial charge in [-0.05, 0) is 35.7 Å². The van der Waals surface area contributed by atoms with E-state index in [1.165, 1.54) is 12.1 Å². The molecule has 0 fully saturated rings. The fourth-order valence-electron chi connectivity index (χ4n) is 2.29. The van der Waals surface area contributed by atoms with Crippen molar-refractivity contribution in [3.05, 3.63) is 71.0 Å². The molecule has 2 aromatic carbocycles. The molecule has 2 atom stereocenters. The summed E-state index contributed by atoms with van der Waals surface area (Å²) in [7, 11) is 0. The molecule has 19 heavy (non-hydrogen) atoms. The Morgan fingerprint density at radius 1 is 1.16 bits per heavy atom. The van der Waals surface area contributed by atoms with Crippen molar-refractivity contribution in [2.24, 2.45) is 5.73 Å². The molecule has 0 bridgehead atoms. The largest absolute Gasteiger partial charge is 0.388 e. The average Bonchev–Trinajstić information content (AvgIpc) is 2.43. The second-order valence-electron chi connectivity index (χ2n) is 4.70. The van der Waals surface area contributed by atoms with Crippen LogP contribution >= 0.6 is 0 Å². The number of nitrogens with two attached hydrogens (primary N) is 1. The van der Waals surface area contributed by atoms with Crippen molar-refractivity contribution in [3.8, 4) is 0 Å². The van der Waals surface area contributed by atoms with Gasteiger partial charge in [0.05, 0.1) is 6.10 Å². The molecule has 3 N–H and O–H groups in total. The van der Waals surface area contributed by atoms with Crippen molar-refractivity contribution < 1.29 is 9.50 Å². The minimum absolute atomic E-state index is 0.235. The van der Waals surface area contributed by atoms with Crippen molar-refractivity contribution in [2.45, 2.75) is 18.9 Å². The van der Waals surface area contributed by atoms with Gasteiger partial charge in [-0.15, -0.1) is 0 Å². The van der Waals surface area contributed by atoms with Crippen LogP contribution in [-0.4, -0.2) is 11.7 Å². The molecule has 2 unspecified atom stereocenters. The minimum Gasteiger partial charge on any atom is -0.388 e. The van der Waals surface area contributed by atoms with Gasteiger partial charge in [-0.2, -0.15) is 0 Å². The molecule has 0 saturated carbocycles. The van der Waals surface area contributed by atoms with Crippen LogP contribution in [0.1, 0.15) is 28.7 Å². The number of hydrogen-bond donors (Lipinski definition) is 2. The summed E-state index contributed by atoms with van der Waals surface area (Å²) in [6.45, 7) is 2.16. The Kier molecular flexibility index (Phi) is 4.30. The molecule has 0 saturated heterocycles. The highest BCUT2D eigenvalue weighted by molar-refractivity contribution is 5.32. The van der Waals surface area contributed by atoms with Gasteiger partial charge >= 0.3 is 0 Å². The minimum atomic E-state index is -0.803. The maximum Gasteiger partial charge on any atom is 0.123 e. The molecule has 2 nitrogen and oxygen atoms in total. The summed E-state index contributed by atoms with van der Waals surface area (Å²) in [4.78, 5) is 0. The Balaban J connectivity index is 2.36. The molecule has 0 aliphatic heterocycles. The number of aliphatic hydroxyl groups is 1. The summed E-state index contributed by atoms with van der Waals surface area (Å²) in [5, 5.41) is 10.5. The van der Waals surface area contributed by atoms with Crippen LogP contribution in [0.3, 0.4) is 0 Å². The lowest BCUT2D eigenvalue weighted by molar-refractivity contribution is 0.146. The highest BCUT2D eigenvalue weighted by Gasteiger charge is 2.23. The van der Waals surface area contributed by atoms with Gasteiger partial charge < -0.3 is 10.8 Å². The van der Waals surface area contributed by atoms with Gasteiger partial charge in [0.25, 0.3) is 0 Å². The molecule has 0 aromatic heterocycles. The molecule has 0 heterocycles. The second kappa shape index (κ2) is 5.95. The molecule has 0 spiro atoms. The van der Waals surface area contributed by atoms with Crippen LogP contribution in [0.5, 0.6) is 0 Å². The maximum atomic E-state index is 13.3. The normalized spacial score (nSPS) is 14.1. The lowest BCUT2D eigenvalue weighted by atomic mass is 9.87. The Morgan fingerprint density at radius 2 is 1.84 bits per heavy atom. The van der Waals surface area contributed by atoms with Gasteiger partial charge in [-0.25, -0.2) is 4.39 Å². The summed E-state index contributed by atoms with van der Waals surface area (Å²) < 4.78 is 13.3. The van der Waals surface area contributed by atoms with E-state index >= 15 is 0 Å². The number of aliphatic hydroxyl groups excluding tert-OH is 1. The van der Waals surface area contributed by atoms with Crippen LogP contribution in [0, 0.1) is 12.7 Å². The Bertz CT molecular complexity index is 542. The predicted molar refractivity (Wildman–Crippen MR) is 74.3 cm³/mol. The van der Waals surface area contributed by atoms with Gasteiger partial charge in [0.2, 0.25) is 0 Å². The van der Waals surface area contributed by atoms with Gasteiger partial charge in [0, 0.05) is 12.5 Å². The first-order valence-electron chi connectivity index (χ1n) is 6.32. The SMILES string of the molecule is Cc1ccc(F)cc1C(O)C(CN)c1ccccc1. The number of rotatable bonds is 4. The van der Waals surface area contributed by atoms with E-state index in [1.807, 2.05) is 37.3 Å². The number of halogens is 1. The zero-order valence-corrected chi connectivity index (χ0v) is 10.9. The highest BCUT2D eigenvalue weighted by atomic mass is 19.1. The Morgan fingerprint density at radius 3 is 2.47 bits per heavy atom. The van der Waals surface area contributed by atoms with Crippen LogP contribution < -0.4 is 5.73 Å². The van der Waals surface area contributed by atoms with Crippen LogP contribution in [0.25, 0.3) is 0 Å². The van der Waals surface area contributed by atoms with Crippen LogP contribution in [-0.2, 0) is 0 Å². The van der Waals surface area contributed by atoms with Gasteiger partial charge in [0.15, 0.2) is 0 Å². The van der Waals surface area contributed by atoms with Crippen LogP contribution in [0.2, 0.25) is 0 Å². The van der Waals surface area contributed by atoms with Crippen molar-refractivity contribution in [1.82, 2.24) is 0 Å². The van der Waals surface area contributed by atoms with Crippen molar-refractivity contribution in [1.29, 1.82) is 0 Å². The third-order valence-corrected chi connectivity index (χ3v) is 3.42. The zero-order valence-electron chi connectivity index (χ0n) is 10.9. The number of aryl methyl sites for hydroxylation is 1. The average molecular weight is 259 g/mol. The second-order valence-corrected chi connectivity index (χ2v) is 4.70. The first-order chi connectivity index (χ1) is 9.13. The molecule has 0 amide bonds. The van der Waals surface area contributed by atoms with Crippen LogP contribution in [0.4, 0.5) is 4.39 Å². The highest BCUT2D eigenvalue weighted by Crippen LogP contribution is 2.32. The summed E-state index contributed by atoms with van der Waals surface area (Å²) >= 11 is 0. The topological polar surface area (TPSA) is 46.2 Å². The summed E-state index contributed by atoms with van der Waals surface area (Å²) in [5.41, 5.74) is 8.20. The molecular weight excluding hydrogens is 241 g/mol. The summed E-state index contributed by atoms with van der Waals surface area (Å²) in [5.74, 6) is -0.579. The summed E-state index contributed by atoms with van der Waals surface area (Å²) in [6.07, 6.45) is -0.803. The van der Waals surface area contributed by atoms with Crippen LogP contribution in [0.15, 0.2) is 48.5 Å². The van der Waals surface area contributed by atoms with Crippen molar-refractivity contribution >= 4 is 0 Å². The molecule has 0 aliphatic rings. The maximum absolute atomic E-state index is 13.3. The molecule has 3 heteroatoms.